The van der Waals surface area contributed by atoms with Gasteiger partial charge in [0.15, 0.2) is 0 Å². The van der Waals surface area contributed by atoms with Crippen molar-refractivity contribution in [2.45, 2.75) is 18.3 Å². The number of hydrogen-bond donors (Lipinski definition) is 0. The van der Waals surface area contributed by atoms with Crippen LogP contribution in [-0.4, -0.2) is 11.9 Å². The minimum Gasteiger partial charge on any atom is -0.171 e. The Balaban J connectivity index is 2.23. The highest BCUT2D eigenvalue weighted by Crippen LogP contribution is 2.23. The molecule has 0 aromatic heterocycles. The summed E-state index contributed by atoms with van der Waals surface area (Å²) >= 11 is 3.51. The zero-order valence-corrected chi connectivity index (χ0v) is 10.8. The molecule has 0 atom stereocenters. The first-order valence-electron chi connectivity index (χ1n) is 4.36. The van der Waals surface area contributed by atoms with Gasteiger partial charge < -0.3 is 0 Å². The van der Waals surface area contributed by atoms with Crippen molar-refractivity contribution in [2.24, 2.45) is 0 Å². The van der Waals surface area contributed by atoms with Crippen LogP contribution in [0.4, 0.5) is 13.2 Å². The van der Waals surface area contributed by atoms with E-state index in [1.165, 1.54) is 11.8 Å². The maximum atomic E-state index is 11.8. The standard InChI is InChI=1S/C10H10F3IS/c11-10(12,13)5-6-15-7-8-1-3-9(14)4-2-8/h1-4H,5-7H2. The van der Waals surface area contributed by atoms with Gasteiger partial charge in [-0.25, -0.2) is 0 Å². The first kappa shape index (κ1) is 13.2. The van der Waals surface area contributed by atoms with Crippen LogP contribution in [-0.2, 0) is 5.75 Å². The molecule has 0 heterocycles. The fraction of sp³-hybridized carbons (Fsp3) is 0.400. The Bertz CT molecular complexity index is 295. The van der Waals surface area contributed by atoms with Crippen LogP contribution >= 0.6 is 34.4 Å². The third-order valence-corrected chi connectivity index (χ3v) is 3.46. The van der Waals surface area contributed by atoms with Crippen molar-refractivity contribution in [3.8, 4) is 0 Å². The van der Waals surface area contributed by atoms with Crippen LogP contribution < -0.4 is 0 Å². The van der Waals surface area contributed by atoms with Crippen molar-refractivity contribution in [2.75, 3.05) is 5.75 Å². The van der Waals surface area contributed by atoms with E-state index in [4.69, 9.17) is 0 Å². The summed E-state index contributed by atoms with van der Waals surface area (Å²) in [6.07, 6.45) is -4.74. The molecule has 84 valence electrons. The van der Waals surface area contributed by atoms with Crippen molar-refractivity contribution in [3.63, 3.8) is 0 Å². The lowest BCUT2D eigenvalue weighted by Gasteiger charge is -2.05. The van der Waals surface area contributed by atoms with E-state index in [1.54, 1.807) is 0 Å². The van der Waals surface area contributed by atoms with Crippen LogP contribution in [0.2, 0.25) is 0 Å². The largest absolute Gasteiger partial charge is 0.389 e. The fourth-order valence-corrected chi connectivity index (χ4v) is 2.27. The second kappa shape index (κ2) is 5.98. The molecule has 0 saturated carbocycles. The highest BCUT2D eigenvalue weighted by molar-refractivity contribution is 14.1. The quantitative estimate of drug-likeness (QED) is 0.572. The van der Waals surface area contributed by atoms with Crippen molar-refractivity contribution in [1.29, 1.82) is 0 Å². The normalized spacial score (nSPS) is 11.7. The number of halogens is 4. The van der Waals surface area contributed by atoms with Crippen LogP contribution in [0.5, 0.6) is 0 Å². The molecule has 0 saturated heterocycles. The van der Waals surface area contributed by atoms with E-state index in [9.17, 15) is 13.2 Å². The molecule has 0 fully saturated rings. The van der Waals surface area contributed by atoms with Gasteiger partial charge in [0.25, 0.3) is 0 Å². The SMILES string of the molecule is FC(F)(F)CCSCc1ccc(I)cc1. The molecule has 0 radical (unpaired) electrons. The molecule has 0 aliphatic carbocycles. The number of thioether (sulfide) groups is 1. The molecule has 1 aromatic carbocycles. The molecule has 1 aromatic rings. The summed E-state index contributed by atoms with van der Waals surface area (Å²) < 4.78 is 36.6. The summed E-state index contributed by atoms with van der Waals surface area (Å²) in [5.41, 5.74) is 1.07. The average Bonchev–Trinajstić information content (AvgIpc) is 2.14. The molecule has 1 rings (SSSR count). The van der Waals surface area contributed by atoms with E-state index in [-0.39, 0.29) is 5.75 Å². The van der Waals surface area contributed by atoms with Gasteiger partial charge in [-0.1, -0.05) is 12.1 Å². The van der Waals surface area contributed by atoms with Crippen molar-refractivity contribution >= 4 is 34.4 Å². The van der Waals surface area contributed by atoms with E-state index < -0.39 is 12.6 Å². The molecular formula is C10H10F3IS. The van der Waals surface area contributed by atoms with Crippen LogP contribution in [0.25, 0.3) is 0 Å². The summed E-state index contributed by atoms with van der Waals surface area (Å²) in [7, 11) is 0. The molecule has 0 spiro atoms. The Morgan fingerprint density at radius 3 is 2.27 bits per heavy atom. The van der Waals surface area contributed by atoms with Crippen LogP contribution in [0.15, 0.2) is 24.3 Å². The van der Waals surface area contributed by atoms with Crippen LogP contribution in [0, 0.1) is 3.57 Å². The Labute approximate surface area is 105 Å². The van der Waals surface area contributed by atoms with Gasteiger partial charge in [-0.3, -0.25) is 0 Å². The smallest absolute Gasteiger partial charge is 0.171 e. The second-order valence-corrected chi connectivity index (χ2v) is 5.40. The summed E-state index contributed by atoms with van der Waals surface area (Å²) in [5, 5.41) is 0. The van der Waals surface area contributed by atoms with Gasteiger partial charge in [0, 0.05) is 15.1 Å². The number of rotatable bonds is 4. The van der Waals surface area contributed by atoms with Gasteiger partial charge in [0.05, 0.1) is 6.42 Å². The summed E-state index contributed by atoms with van der Waals surface area (Å²) in [5.74, 6) is 0.780. The molecule has 0 bridgehead atoms. The highest BCUT2D eigenvalue weighted by atomic mass is 127. The highest BCUT2D eigenvalue weighted by Gasteiger charge is 2.25. The predicted octanol–water partition coefficient (Wildman–Crippen LogP) is 4.48. The first-order chi connectivity index (χ1) is 6.97. The van der Waals surface area contributed by atoms with Gasteiger partial charge in [-0.05, 0) is 40.3 Å². The van der Waals surface area contributed by atoms with E-state index in [2.05, 4.69) is 22.6 Å². The molecule has 0 N–H and O–H groups in total. The predicted molar refractivity (Wildman–Crippen MR) is 66.0 cm³/mol. The van der Waals surface area contributed by atoms with E-state index >= 15 is 0 Å². The van der Waals surface area contributed by atoms with E-state index in [1.807, 2.05) is 24.3 Å². The summed E-state index contributed by atoms with van der Waals surface area (Å²) in [6, 6.07) is 7.81. The third-order valence-electron chi connectivity index (χ3n) is 1.71. The lowest BCUT2D eigenvalue weighted by Crippen LogP contribution is -2.08. The summed E-state index contributed by atoms with van der Waals surface area (Å²) in [6.45, 7) is 0. The number of alkyl halides is 3. The summed E-state index contributed by atoms with van der Waals surface area (Å²) in [4.78, 5) is 0. The second-order valence-electron chi connectivity index (χ2n) is 3.04. The maximum absolute atomic E-state index is 11.8. The Hall–Kier alpha value is 0.0900. The topological polar surface area (TPSA) is 0 Å². The van der Waals surface area contributed by atoms with Gasteiger partial charge in [0.1, 0.15) is 0 Å². The lowest BCUT2D eigenvalue weighted by atomic mass is 10.2. The van der Waals surface area contributed by atoms with Crippen LogP contribution in [0.1, 0.15) is 12.0 Å². The van der Waals surface area contributed by atoms with Gasteiger partial charge in [-0.15, -0.1) is 0 Å². The molecule has 0 nitrogen and oxygen atoms in total. The maximum Gasteiger partial charge on any atom is 0.389 e. The molecule has 0 aliphatic heterocycles. The molecule has 0 unspecified atom stereocenters. The molecule has 0 amide bonds. The van der Waals surface area contributed by atoms with Gasteiger partial charge >= 0.3 is 6.18 Å². The minimum absolute atomic E-state index is 0.134. The van der Waals surface area contributed by atoms with Crippen molar-refractivity contribution < 1.29 is 13.2 Å². The number of hydrogen-bond acceptors (Lipinski definition) is 1. The molecule has 5 heteroatoms. The van der Waals surface area contributed by atoms with E-state index in [0.29, 0.717) is 5.75 Å². The molecular weight excluding hydrogens is 336 g/mol. The monoisotopic (exact) mass is 346 g/mol. The lowest BCUT2D eigenvalue weighted by molar-refractivity contribution is -0.129. The first-order valence-corrected chi connectivity index (χ1v) is 6.60. The fourth-order valence-electron chi connectivity index (χ4n) is 0.959. The van der Waals surface area contributed by atoms with Crippen molar-refractivity contribution in [3.05, 3.63) is 33.4 Å². The third kappa shape index (κ3) is 6.29. The van der Waals surface area contributed by atoms with Crippen LogP contribution in [0.3, 0.4) is 0 Å². The zero-order valence-electron chi connectivity index (χ0n) is 7.85. The van der Waals surface area contributed by atoms with Gasteiger partial charge in [0.2, 0.25) is 0 Å². The Morgan fingerprint density at radius 2 is 1.73 bits per heavy atom. The van der Waals surface area contributed by atoms with Gasteiger partial charge in [-0.2, -0.15) is 24.9 Å². The Kier molecular flexibility index (Phi) is 5.25. The van der Waals surface area contributed by atoms with Crippen molar-refractivity contribution in [1.82, 2.24) is 0 Å². The molecule has 15 heavy (non-hydrogen) atoms. The van der Waals surface area contributed by atoms with E-state index in [0.717, 1.165) is 9.13 Å². The zero-order chi connectivity index (χ0) is 11.3. The minimum atomic E-state index is -4.03. The molecule has 0 aliphatic rings. The Morgan fingerprint density at radius 1 is 1.13 bits per heavy atom. The average molecular weight is 346 g/mol. The number of benzene rings is 1.